The van der Waals surface area contributed by atoms with Crippen LogP contribution < -0.4 is 4.90 Å². The molecule has 0 spiro atoms. The van der Waals surface area contributed by atoms with E-state index < -0.39 is 0 Å². The van der Waals surface area contributed by atoms with Crippen molar-refractivity contribution in [2.24, 2.45) is 0 Å². The number of benzene rings is 1. The van der Waals surface area contributed by atoms with E-state index in [1.54, 1.807) is 4.90 Å². The van der Waals surface area contributed by atoms with E-state index in [0.29, 0.717) is 13.0 Å². The number of hydrogen-bond donors (Lipinski definition) is 0. The fourth-order valence-corrected chi connectivity index (χ4v) is 4.12. The molecule has 1 aromatic rings. The third kappa shape index (κ3) is 3.36. The summed E-state index contributed by atoms with van der Waals surface area (Å²) in [4.78, 5) is 24.8. The second kappa shape index (κ2) is 5.75. The number of halogens is 2. The molecular weight excluding hydrogens is 382 g/mol. The lowest BCUT2D eigenvalue weighted by molar-refractivity contribution is -0.117. The van der Waals surface area contributed by atoms with E-state index in [0.717, 1.165) is 14.6 Å². The van der Waals surface area contributed by atoms with E-state index in [-0.39, 0.29) is 16.3 Å². The molecule has 1 unspecified atom stereocenters. The number of carbonyl (C=O) groups excluding carboxylic acids is 2. The van der Waals surface area contributed by atoms with Gasteiger partial charge in [-0.2, -0.15) is 0 Å². The number of thioether (sulfide) groups is 1. The minimum absolute atomic E-state index is 0.0603. The van der Waals surface area contributed by atoms with Crippen LogP contribution in [-0.2, 0) is 9.59 Å². The largest absolute Gasteiger partial charge is 0.311 e. The van der Waals surface area contributed by atoms with E-state index in [9.17, 15) is 9.59 Å². The van der Waals surface area contributed by atoms with Gasteiger partial charge in [-0.25, -0.2) is 0 Å². The average molecular weight is 393 g/mol. The van der Waals surface area contributed by atoms with Gasteiger partial charge in [-0.15, -0.1) is 0 Å². The predicted octanol–water partition coefficient (Wildman–Crippen LogP) is 3.60. The van der Waals surface area contributed by atoms with Crippen LogP contribution in [0.4, 0.5) is 5.69 Å². The molecule has 18 heavy (non-hydrogen) atoms. The second-order valence-corrected chi connectivity index (χ2v) is 7.38. The van der Waals surface area contributed by atoms with Gasteiger partial charge in [0, 0.05) is 39.8 Å². The predicted molar refractivity (Wildman–Crippen MR) is 80.9 cm³/mol. The van der Waals surface area contributed by atoms with Crippen LogP contribution >= 0.6 is 43.6 Å². The van der Waals surface area contributed by atoms with Gasteiger partial charge in [0.2, 0.25) is 5.91 Å². The molecule has 0 N–H and O–H groups in total. The van der Waals surface area contributed by atoms with Crippen LogP contribution in [0.25, 0.3) is 0 Å². The summed E-state index contributed by atoms with van der Waals surface area (Å²) >= 11 is 8.06. The molecule has 1 aromatic carbocycles. The standard InChI is InChI=1S/C12H11Br2NO2S/c1-7(16)18-11-5-12(17)15(6-11)10-3-8(13)2-9(14)4-10/h2-4,11H,5-6H2,1H3. The lowest BCUT2D eigenvalue weighted by Gasteiger charge is -2.17. The van der Waals surface area contributed by atoms with Crippen LogP contribution in [0.1, 0.15) is 13.3 Å². The first-order valence-corrected chi connectivity index (χ1v) is 7.86. The summed E-state index contributed by atoms with van der Waals surface area (Å²) in [6.45, 7) is 2.12. The Labute approximate surface area is 127 Å². The van der Waals surface area contributed by atoms with Crippen molar-refractivity contribution >= 4 is 60.3 Å². The highest BCUT2D eigenvalue weighted by Crippen LogP contribution is 2.32. The molecule has 96 valence electrons. The number of rotatable bonds is 2. The first-order chi connectivity index (χ1) is 8.45. The molecule has 0 aliphatic carbocycles. The van der Waals surface area contributed by atoms with Crippen molar-refractivity contribution < 1.29 is 9.59 Å². The maximum atomic E-state index is 12.0. The molecule has 0 aromatic heterocycles. The molecule has 1 fully saturated rings. The van der Waals surface area contributed by atoms with Crippen LogP contribution in [0.3, 0.4) is 0 Å². The number of carbonyl (C=O) groups is 2. The summed E-state index contributed by atoms with van der Waals surface area (Å²) in [5.41, 5.74) is 0.855. The van der Waals surface area contributed by atoms with Crippen molar-refractivity contribution in [3.8, 4) is 0 Å². The zero-order valence-corrected chi connectivity index (χ0v) is 13.6. The second-order valence-electron chi connectivity index (χ2n) is 4.07. The lowest BCUT2D eigenvalue weighted by Crippen LogP contribution is -2.24. The molecule has 1 atom stereocenters. The summed E-state index contributed by atoms with van der Waals surface area (Å²) < 4.78 is 1.84. The average Bonchev–Trinajstić information content (AvgIpc) is 2.56. The van der Waals surface area contributed by atoms with Gasteiger partial charge in [0.05, 0.1) is 0 Å². The highest BCUT2D eigenvalue weighted by Gasteiger charge is 2.32. The quantitative estimate of drug-likeness (QED) is 0.771. The molecule has 0 radical (unpaired) electrons. The zero-order valence-electron chi connectivity index (χ0n) is 9.65. The molecule has 1 heterocycles. The molecule has 0 saturated carbocycles. The van der Waals surface area contributed by atoms with Gasteiger partial charge in [-0.05, 0) is 18.2 Å². The zero-order chi connectivity index (χ0) is 13.3. The van der Waals surface area contributed by atoms with Crippen LogP contribution in [-0.4, -0.2) is 22.8 Å². The molecule has 2 rings (SSSR count). The highest BCUT2D eigenvalue weighted by molar-refractivity contribution is 9.11. The first kappa shape index (κ1) is 14.1. The van der Waals surface area contributed by atoms with Crippen LogP contribution in [0.5, 0.6) is 0 Å². The summed E-state index contributed by atoms with van der Waals surface area (Å²) in [6.07, 6.45) is 0.425. The van der Waals surface area contributed by atoms with Crippen molar-refractivity contribution in [2.45, 2.75) is 18.6 Å². The van der Waals surface area contributed by atoms with Gasteiger partial charge in [0.1, 0.15) is 0 Å². The summed E-state index contributed by atoms with van der Waals surface area (Å²) in [5, 5.41) is 0.123. The molecule has 1 aliphatic rings. The Morgan fingerprint density at radius 2 is 1.94 bits per heavy atom. The summed E-state index contributed by atoms with van der Waals surface area (Å²) in [7, 11) is 0. The fraction of sp³-hybridized carbons (Fsp3) is 0.333. The molecule has 1 saturated heterocycles. The monoisotopic (exact) mass is 391 g/mol. The Bertz CT molecular complexity index is 487. The topological polar surface area (TPSA) is 37.4 Å². The fourth-order valence-electron chi connectivity index (χ4n) is 1.93. The summed E-state index contributed by atoms with van der Waals surface area (Å²) in [5.74, 6) is 0.0683. The van der Waals surface area contributed by atoms with Crippen LogP contribution in [0, 0.1) is 0 Å². The van der Waals surface area contributed by atoms with E-state index in [1.807, 2.05) is 18.2 Å². The van der Waals surface area contributed by atoms with Gasteiger partial charge in [0.15, 0.2) is 5.12 Å². The number of anilines is 1. The Kier molecular flexibility index (Phi) is 4.50. The van der Waals surface area contributed by atoms with Gasteiger partial charge in [0.25, 0.3) is 0 Å². The molecule has 1 aliphatic heterocycles. The third-order valence-electron chi connectivity index (χ3n) is 2.58. The summed E-state index contributed by atoms with van der Waals surface area (Å²) in [6, 6.07) is 5.73. The SMILES string of the molecule is CC(=O)SC1CC(=O)N(c2cc(Br)cc(Br)c2)C1. The van der Waals surface area contributed by atoms with Crippen molar-refractivity contribution in [1.82, 2.24) is 0 Å². The first-order valence-electron chi connectivity index (χ1n) is 5.39. The Balaban J connectivity index is 2.18. The Morgan fingerprint density at radius 3 is 2.50 bits per heavy atom. The van der Waals surface area contributed by atoms with Crippen molar-refractivity contribution in [3.05, 3.63) is 27.1 Å². The lowest BCUT2D eigenvalue weighted by atomic mass is 10.3. The van der Waals surface area contributed by atoms with Crippen LogP contribution in [0.15, 0.2) is 27.1 Å². The minimum atomic E-state index is 0.0603. The smallest absolute Gasteiger partial charge is 0.228 e. The normalized spacial score (nSPS) is 19.4. The van der Waals surface area contributed by atoms with Crippen LogP contribution in [0.2, 0.25) is 0 Å². The Morgan fingerprint density at radius 1 is 1.33 bits per heavy atom. The van der Waals surface area contributed by atoms with E-state index >= 15 is 0 Å². The highest BCUT2D eigenvalue weighted by atomic mass is 79.9. The third-order valence-corrected chi connectivity index (χ3v) is 4.48. The number of amides is 1. The van der Waals surface area contributed by atoms with Gasteiger partial charge < -0.3 is 4.90 Å². The molecular formula is C12H11Br2NO2S. The number of hydrogen-bond acceptors (Lipinski definition) is 3. The maximum absolute atomic E-state index is 12.0. The van der Waals surface area contributed by atoms with E-state index in [1.165, 1.54) is 18.7 Å². The van der Waals surface area contributed by atoms with Crippen molar-refractivity contribution in [3.63, 3.8) is 0 Å². The van der Waals surface area contributed by atoms with E-state index in [4.69, 9.17) is 0 Å². The van der Waals surface area contributed by atoms with E-state index in [2.05, 4.69) is 31.9 Å². The molecule has 6 heteroatoms. The van der Waals surface area contributed by atoms with Gasteiger partial charge in [-0.3, -0.25) is 9.59 Å². The van der Waals surface area contributed by atoms with Gasteiger partial charge in [-0.1, -0.05) is 43.6 Å². The van der Waals surface area contributed by atoms with Crippen molar-refractivity contribution in [1.29, 1.82) is 0 Å². The molecule has 0 bridgehead atoms. The molecule has 1 amide bonds. The number of nitrogens with zero attached hydrogens (tertiary/aromatic N) is 1. The van der Waals surface area contributed by atoms with Gasteiger partial charge >= 0.3 is 0 Å². The molecule has 3 nitrogen and oxygen atoms in total. The Hall–Kier alpha value is -0.330. The maximum Gasteiger partial charge on any atom is 0.228 e. The van der Waals surface area contributed by atoms with Crippen molar-refractivity contribution in [2.75, 3.05) is 11.4 Å². The minimum Gasteiger partial charge on any atom is -0.311 e.